The summed E-state index contributed by atoms with van der Waals surface area (Å²) in [5.41, 5.74) is 1.37. The van der Waals surface area contributed by atoms with Crippen LogP contribution >= 0.6 is 11.3 Å². The summed E-state index contributed by atoms with van der Waals surface area (Å²) in [5.74, 6) is 1.22. The minimum atomic E-state index is 0.236. The number of nitriles is 1. The van der Waals surface area contributed by atoms with Gasteiger partial charge in [-0.3, -0.25) is 4.90 Å². The van der Waals surface area contributed by atoms with Crippen LogP contribution in [-0.4, -0.2) is 53.3 Å². The van der Waals surface area contributed by atoms with Crippen molar-refractivity contribution in [1.29, 1.82) is 5.26 Å². The number of nitrogens with zero attached hydrogens (tertiary/aromatic N) is 4. The molecule has 0 aromatic carbocycles. The van der Waals surface area contributed by atoms with E-state index in [-0.39, 0.29) is 6.10 Å². The molecule has 2 fully saturated rings. The molecule has 0 radical (unpaired) electrons. The highest BCUT2D eigenvalue weighted by molar-refractivity contribution is 7.19. The molecule has 29 heavy (non-hydrogen) atoms. The highest BCUT2D eigenvalue weighted by Gasteiger charge is 2.32. The predicted molar refractivity (Wildman–Crippen MR) is 112 cm³/mol. The average molecular weight is 413 g/mol. The highest BCUT2D eigenvalue weighted by Crippen LogP contribution is 2.47. The van der Waals surface area contributed by atoms with Crippen molar-refractivity contribution in [3.05, 3.63) is 16.8 Å². The van der Waals surface area contributed by atoms with E-state index in [2.05, 4.69) is 20.9 Å². The zero-order chi connectivity index (χ0) is 19.6. The number of morpholine rings is 1. The SMILES string of the molecule is N#CCCC1CCc2sc3ncnc(OC4CCC(N5CCOCC5)CC4)c3c21. The van der Waals surface area contributed by atoms with E-state index in [0.29, 0.717) is 18.4 Å². The summed E-state index contributed by atoms with van der Waals surface area (Å²) < 4.78 is 12.0. The quantitative estimate of drug-likeness (QED) is 0.738. The normalized spacial score (nSPS) is 27.6. The van der Waals surface area contributed by atoms with Crippen LogP contribution in [0.15, 0.2) is 6.33 Å². The molecule has 2 aromatic rings. The molecule has 6 nitrogen and oxygen atoms in total. The predicted octanol–water partition coefficient (Wildman–Crippen LogP) is 4.05. The molecule has 0 N–H and O–H groups in total. The van der Waals surface area contributed by atoms with Gasteiger partial charge in [-0.1, -0.05) is 0 Å². The minimum absolute atomic E-state index is 0.236. The third-order valence-electron chi connectivity index (χ3n) is 6.78. The van der Waals surface area contributed by atoms with Crippen LogP contribution in [0.4, 0.5) is 0 Å². The van der Waals surface area contributed by atoms with Crippen LogP contribution in [0.25, 0.3) is 10.2 Å². The maximum Gasteiger partial charge on any atom is 0.225 e. The summed E-state index contributed by atoms with van der Waals surface area (Å²) in [5, 5.41) is 10.1. The van der Waals surface area contributed by atoms with E-state index >= 15 is 0 Å². The maximum absolute atomic E-state index is 9.02. The third kappa shape index (κ3) is 3.86. The Morgan fingerprint density at radius 2 is 2.00 bits per heavy atom. The van der Waals surface area contributed by atoms with Gasteiger partial charge in [0, 0.05) is 30.4 Å². The van der Waals surface area contributed by atoms with Crippen molar-refractivity contribution in [2.24, 2.45) is 0 Å². The van der Waals surface area contributed by atoms with Crippen molar-refractivity contribution in [3.8, 4) is 11.9 Å². The molecule has 1 aliphatic heterocycles. The lowest BCUT2D eigenvalue weighted by Crippen LogP contribution is -2.46. The smallest absolute Gasteiger partial charge is 0.225 e. The molecule has 2 aliphatic carbocycles. The number of hydrogen-bond acceptors (Lipinski definition) is 7. The molecule has 154 valence electrons. The summed E-state index contributed by atoms with van der Waals surface area (Å²) in [4.78, 5) is 14.1. The van der Waals surface area contributed by atoms with Gasteiger partial charge < -0.3 is 9.47 Å². The van der Waals surface area contributed by atoms with Crippen molar-refractivity contribution < 1.29 is 9.47 Å². The van der Waals surface area contributed by atoms with Gasteiger partial charge in [0.2, 0.25) is 5.88 Å². The van der Waals surface area contributed by atoms with E-state index in [4.69, 9.17) is 14.7 Å². The second kappa shape index (κ2) is 8.55. The van der Waals surface area contributed by atoms with Crippen molar-refractivity contribution in [2.45, 2.75) is 69.4 Å². The van der Waals surface area contributed by atoms with Gasteiger partial charge in [-0.15, -0.1) is 11.3 Å². The molecular weight excluding hydrogens is 384 g/mol. The van der Waals surface area contributed by atoms with Gasteiger partial charge in [0.15, 0.2) is 0 Å². The Labute approximate surface area is 175 Å². The van der Waals surface area contributed by atoms with Crippen molar-refractivity contribution in [3.63, 3.8) is 0 Å². The highest BCUT2D eigenvalue weighted by atomic mass is 32.1. The molecule has 0 spiro atoms. The number of fused-ring (bicyclic) bond motifs is 3. The summed E-state index contributed by atoms with van der Waals surface area (Å²) in [7, 11) is 0. The monoisotopic (exact) mass is 412 g/mol. The molecule has 1 saturated heterocycles. The standard InChI is InChI=1S/C22H28N4O2S/c23-9-1-2-15-3-8-18-19(15)20-21(24-14-25-22(20)29-18)28-17-6-4-16(5-7-17)26-10-12-27-13-11-26/h14-17H,1-8,10-13H2. The Kier molecular flexibility index (Phi) is 5.67. The first-order valence-corrected chi connectivity index (χ1v) is 11.8. The lowest BCUT2D eigenvalue weighted by molar-refractivity contribution is -0.00126. The number of thiophene rings is 1. The fourth-order valence-corrected chi connectivity index (χ4v) is 6.52. The van der Waals surface area contributed by atoms with Gasteiger partial charge in [-0.2, -0.15) is 5.26 Å². The van der Waals surface area contributed by atoms with Crippen molar-refractivity contribution in [1.82, 2.24) is 14.9 Å². The van der Waals surface area contributed by atoms with Gasteiger partial charge >= 0.3 is 0 Å². The lowest BCUT2D eigenvalue weighted by atomic mass is 9.91. The van der Waals surface area contributed by atoms with E-state index in [1.165, 1.54) is 23.3 Å². The van der Waals surface area contributed by atoms with E-state index < -0.39 is 0 Å². The molecular formula is C22H28N4O2S. The fourth-order valence-electron chi connectivity index (χ4n) is 5.29. The zero-order valence-corrected chi connectivity index (χ0v) is 17.6. The number of ether oxygens (including phenoxy) is 2. The third-order valence-corrected chi connectivity index (χ3v) is 7.96. The second-order valence-electron chi connectivity index (χ2n) is 8.43. The Bertz CT molecular complexity index is 894. The van der Waals surface area contributed by atoms with Gasteiger partial charge in [-0.05, 0) is 56.4 Å². The molecule has 7 heteroatoms. The first-order chi connectivity index (χ1) is 14.3. The summed E-state index contributed by atoms with van der Waals surface area (Å²) in [6.07, 6.45) is 10.2. The van der Waals surface area contributed by atoms with Crippen LogP contribution < -0.4 is 4.74 Å². The van der Waals surface area contributed by atoms with E-state index in [0.717, 1.165) is 74.5 Å². The summed E-state index contributed by atoms with van der Waals surface area (Å²) in [6.45, 7) is 3.86. The number of aryl methyl sites for hydroxylation is 1. The Balaban J connectivity index is 1.31. The molecule has 1 atom stereocenters. The maximum atomic E-state index is 9.02. The average Bonchev–Trinajstić information content (AvgIpc) is 3.33. The van der Waals surface area contributed by atoms with Gasteiger partial charge in [0.25, 0.3) is 0 Å². The summed E-state index contributed by atoms with van der Waals surface area (Å²) >= 11 is 1.79. The number of rotatable bonds is 5. The van der Waals surface area contributed by atoms with E-state index in [1.807, 2.05) is 0 Å². The molecule has 0 bridgehead atoms. The molecule has 1 saturated carbocycles. The van der Waals surface area contributed by atoms with E-state index in [1.54, 1.807) is 17.7 Å². The topological polar surface area (TPSA) is 71.3 Å². The van der Waals surface area contributed by atoms with Crippen molar-refractivity contribution >= 4 is 21.6 Å². The molecule has 3 heterocycles. The van der Waals surface area contributed by atoms with Crippen LogP contribution in [0.1, 0.15) is 61.3 Å². The molecule has 3 aliphatic rings. The number of hydrogen-bond donors (Lipinski definition) is 0. The Morgan fingerprint density at radius 3 is 2.79 bits per heavy atom. The zero-order valence-electron chi connectivity index (χ0n) is 16.8. The van der Waals surface area contributed by atoms with Crippen molar-refractivity contribution in [2.75, 3.05) is 26.3 Å². The van der Waals surface area contributed by atoms with Crippen LogP contribution in [0.2, 0.25) is 0 Å². The van der Waals surface area contributed by atoms with Gasteiger partial charge in [0.05, 0.1) is 24.7 Å². The lowest BCUT2D eigenvalue weighted by Gasteiger charge is -2.38. The first kappa shape index (κ1) is 19.2. The first-order valence-electron chi connectivity index (χ1n) is 10.9. The molecule has 2 aromatic heterocycles. The Hall–Kier alpha value is -1.75. The molecule has 1 unspecified atom stereocenters. The molecule has 5 rings (SSSR count). The number of aromatic nitrogens is 2. The van der Waals surface area contributed by atoms with Crippen LogP contribution in [0.3, 0.4) is 0 Å². The minimum Gasteiger partial charge on any atom is -0.474 e. The van der Waals surface area contributed by atoms with E-state index in [9.17, 15) is 0 Å². The fraction of sp³-hybridized carbons (Fsp3) is 0.682. The largest absolute Gasteiger partial charge is 0.474 e. The molecule has 0 amide bonds. The Morgan fingerprint density at radius 1 is 1.17 bits per heavy atom. The summed E-state index contributed by atoms with van der Waals surface area (Å²) in [6, 6.07) is 2.98. The van der Waals surface area contributed by atoms with Crippen LogP contribution in [-0.2, 0) is 11.2 Å². The second-order valence-corrected chi connectivity index (χ2v) is 9.51. The van der Waals surface area contributed by atoms with Crippen LogP contribution in [0, 0.1) is 11.3 Å². The van der Waals surface area contributed by atoms with Gasteiger partial charge in [0.1, 0.15) is 17.3 Å². The van der Waals surface area contributed by atoms with Crippen LogP contribution in [0.5, 0.6) is 5.88 Å². The van der Waals surface area contributed by atoms with Gasteiger partial charge in [-0.25, -0.2) is 9.97 Å².